The van der Waals surface area contributed by atoms with Crippen LogP contribution in [0, 0.1) is 33.5 Å². The molecule has 0 bridgehead atoms. The second-order valence-electron chi connectivity index (χ2n) is 10.1. The number of carbonyl (C=O) groups excluding carboxylic acids is 2. The van der Waals surface area contributed by atoms with Gasteiger partial charge in [-0.25, -0.2) is 0 Å². The Labute approximate surface area is 158 Å². The molecule has 0 radical (unpaired) electrons. The van der Waals surface area contributed by atoms with Crippen molar-refractivity contribution in [3.63, 3.8) is 0 Å². The summed E-state index contributed by atoms with van der Waals surface area (Å²) in [6.45, 7) is 13.2. The fourth-order valence-corrected chi connectivity index (χ4v) is 7.32. The molecule has 3 nitrogen and oxygen atoms in total. The van der Waals surface area contributed by atoms with Crippen LogP contribution in [0.4, 0.5) is 0 Å². The van der Waals surface area contributed by atoms with Crippen LogP contribution in [0.2, 0.25) is 0 Å². The average molecular weight is 361 g/mol. The maximum Gasteiger partial charge on any atom is 0.312 e. The third-order valence-corrected chi connectivity index (χ3v) is 8.54. The topological polar surface area (TPSA) is 43.4 Å². The summed E-state index contributed by atoms with van der Waals surface area (Å²) in [4.78, 5) is 24.6. The maximum atomic E-state index is 12.9. The lowest BCUT2D eigenvalue weighted by Crippen LogP contribution is -2.60. The largest absolute Gasteiger partial charge is 0.466 e. The van der Waals surface area contributed by atoms with Crippen molar-refractivity contribution in [3.05, 3.63) is 12.7 Å². The minimum Gasteiger partial charge on any atom is -0.466 e. The van der Waals surface area contributed by atoms with Crippen LogP contribution in [0.3, 0.4) is 0 Å². The van der Waals surface area contributed by atoms with Crippen molar-refractivity contribution in [2.75, 3.05) is 6.61 Å². The highest BCUT2D eigenvalue weighted by Gasteiger charge is 2.64. The van der Waals surface area contributed by atoms with Crippen LogP contribution in [-0.4, -0.2) is 18.9 Å². The first-order valence-corrected chi connectivity index (χ1v) is 10.5. The van der Waals surface area contributed by atoms with Crippen molar-refractivity contribution in [1.29, 1.82) is 0 Å². The summed E-state index contributed by atoms with van der Waals surface area (Å²) < 4.78 is 5.51. The number of ether oxygens (including phenoxy) is 1. The van der Waals surface area contributed by atoms with Crippen molar-refractivity contribution in [2.24, 2.45) is 33.5 Å². The maximum absolute atomic E-state index is 12.9. The van der Waals surface area contributed by atoms with E-state index < -0.39 is 0 Å². The molecule has 3 saturated carbocycles. The molecule has 3 aliphatic carbocycles. The molecular weight excluding hydrogens is 324 g/mol. The Kier molecular flexibility index (Phi) is 4.90. The van der Waals surface area contributed by atoms with Crippen molar-refractivity contribution < 1.29 is 14.3 Å². The summed E-state index contributed by atoms with van der Waals surface area (Å²) in [5.41, 5.74) is -0.447. The van der Waals surface area contributed by atoms with Crippen molar-refractivity contribution in [3.8, 4) is 0 Å². The molecule has 0 aromatic rings. The Morgan fingerprint density at radius 1 is 1.12 bits per heavy atom. The van der Waals surface area contributed by atoms with Gasteiger partial charge in [0, 0.05) is 5.41 Å². The number of esters is 1. The Hall–Kier alpha value is -1.12. The van der Waals surface area contributed by atoms with Crippen LogP contribution in [-0.2, 0) is 14.3 Å². The molecule has 2 unspecified atom stereocenters. The van der Waals surface area contributed by atoms with Gasteiger partial charge in [0.15, 0.2) is 0 Å². The van der Waals surface area contributed by atoms with Crippen LogP contribution < -0.4 is 0 Å². The standard InChI is InChI=1S/C23H36O3/c1-6-23-14-10-17-21(4,18(23)9-13-20(3,15-23)16-24)11-8-12-22(17,5)19(25)26-7-2/h6,16-18H,1,7-15H2,2-5H3/t17?,18?,20-,21+,22+,23+/m0/s1. The summed E-state index contributed by atoms with van der Waals surface area (Å²) in [6, 6.07) is 0. The Morgan fingerprint density at radius 2 is 1.81 bits per heavy atom. The van der Waals surface area contributed by atoms with Gasteiger partial charge in [-0.2, -0.15) is 0 Å². The normalized spacial score (nSPS) is 48.0. The minimum atomic E-state index is -0.373. The molecule has 6 atom stereocenters. The van der Waals surface area contributed by atoms with Crippen LogP contribution in [0.15, 0.2) is 12.7 Å². The van der Waals surface area contributed by atoms with Gasteiger partial charge in [-0.3, -0.25) is 4.79 Å². The predicted molar refractivity (Wildman–Crippen MR) is 104 cm³/mol. The van der Waals surface area contributed by atoms with Gasteiger partial charge in [0.2, 0.25) is 0 Å². The number of aldehydes is 1. The molecule has 0 amide bonds. The van der Waals surface area contributed by atoms with Gasteiger partial charge in [0.25, 0.3) is 0 Å². The Bertz CT molecular complexity index is 598. The number of allylic oxidation sites excluding steroid dienone is 1. The highest BCUT2D eigenvalue weighted by Crippen LogP contribution is 2.69. The van der Waals surface area contributed by atoms with Crippen LogP contribution in [0.25, 0.3) is 0 Å². The second-order valence-corrected chi connectivity index (χ2v) is 10.1. The molecule has 0 N–H and O–H groups in total. The molecule has 3 heteroatoms. The van der Waals surface area contributed by atoms with Crippen LogP contribution >= 0.6 is 0 Å². The van der Waals surface area contributed by atoms with Crippen LogP contribution in [0.1, 0.15) is 79.1 Å². The lowest BCUT2D eigenvalue weighted by molar-refractivity contribution is -0.186. The number of fused-ring (bicyclic) bond motifs is 3. The molecule has 0 heterocycles. The SMILES string of the molecule is C=C[C@]12CCC3[C@@](C)(CCC[C@@]3(C)C(=O)OCC)C1CC[C@](C)(C=O)C2. The highest BCUT2D eigenvalue weighted by molar-refractivity contribution is 5.77. The zero-order valence-corrected chi connectivity index (χ0v) is 17.1. The number of hydrogen-bond acceptors (Lipinski definition) is 3. The van der Waals surface area contributed by atoms with Gasteiger partial charge >= 0.3 is 5.97 Å². The first-order valence-electron chi connectivity index (χ1n) is 10.5. The summed E-state index contributed by atoms with van der Waals surface area (Å²) in [7, 11) is 0. The minimum absolute atomic E-state index is 0.00410. The lowest BCUT2D eigenvalue weighted by atomic mass is 9.39. The van der Waals surface area contributed by atoms with E-state index in [1.54, 1.807) is 0 Å². The zero-order chi connectivity index (χ0) is 19.2. The summed E-state index contributed by atoms with van der Waals surface area (Å²) in [6.07, 6.45) is 11.5. The van der Waals surface area contributed by atoms with E-state index in [4.69, 9.17) is 4.74 Å². The smallest absolute Gasteiger partial charge is 0.312 e. The molecule has 0 aliphatic heterocycles. The third kappa shape index (κ3) is 2.68. The van der Waals surface area contributed by atoms with Crippen molar-refractivity contribution >= 4 is 12.3 Å². The quantitative estimate of drug-likeness (QED) is 0.386. The van der Waals surface area contributed by atoms with E-state index >= 15 is 0 Å². The van der Waals surface area contributed by atoms with Gasteiger partial charge in [0.1, 0.15) is 6.29 Å². The second kappa shape index (κ2) is 6.49. The summed E-state index contributed by atoms with van der Waals surface area (Å²) >= 11 is 0. The van der Waals surface area contributed by atoms with Gasteiger partial charge in [0.05, 0.1) is 12.0 Å². The van der Waals surface area contributed by atoms with Gasteiger partial charge in [-0.05, 0) is 81.5 Å². The average Bonchev–Trinajstić information content (AvgIpc) is 2.61. The zero-order valence-electron chi connectivity index (χ0n) is 17.1. The first-order chi connectivity index (χ1) is 12.2. The molecule has 0 aromatic carbocycles. The van der Waals surface area contributed by atoms with E-state index in [0.29, 0.717) is 18.4 Å². The van der Waals surface area contributed by atoms with E-state index in [2.05, 4.69) is 33.4 Å². The number of rotatable bonds is 4. The van der Waals surface area contributed by atoms with Gasteiger partial charge in [-0.15, -0.1) is 6.58 Å². The van der Waals surface area contributed by atoms with E-state index in [1.807, 2.05) is 6.92 Å². The monoisotopic (exact) mass is 360 g/mol. The van der Waals surface area contributed by atoms with E-state index in [-0.39, 0.29) is 27.6 Å². The Morgan fingerprint density at radius 3 is 2.42 bits per heavy atom. The molecule has 26 heavy (non-hydrogen) atoms. The fourth-order valence-electron chi connectivity index (χ4n) is 7.32. The summed E-state index contributed by atoms with van der Waals surface area (Å²) in [5, 5.41) is 0. The van der Waals surface area contributed by atoms with Crippen molar-refractivity contribution in [2.45, 2.75) is 79.1 Å². The van der Waals surface area contributed by atoms with Crippen molar-refractivity contribution in [1.82, 2.24) is 0 Å². The predicted octanol–water partition coefficient (Wildman–Crippen LogP) is 5.33. The molecule has 3 aliphatic rings. The number of hydrogen-bond donors (Lipinski definition) is 0. The molecular formula is C23H36O3. The van der Waals surface area contributed by atoms with Gasteiger partial charge in [-0.1, -0.05) is 26.3 Å². The number of carbonyl (C=O) groups is 2. The van der Waals surface area contributed by atoms with E-state index in [9.17, 15) is 9.59 Å². The molecule has 3 fully saturated rings. The summed E-state index contributed by atoms with van der Waals surface area (Å²) in [5.74, 6) is 0.866. The molecule has 0 saturated heterocycles. The van der Waals surface area contributed by atoms with Crippen LogP contribution in [0.5, 0.6) is 0 Å². The third-order valence-electron chi connectivity index (χ3n) is 8.54. The molecule has 0 aromatic heterocycles. The first kappa shape index (κ1) is 19.6. The van der Waals surface area contributed by atoms with E-state index in [0.717, 1.165) is 44.9 Å². The van der Waals surface area contributed by atoms with Gasteiger partial charge < -0.3 is 9.53 Å². The Balaban J connectivity index is 1.98. The molecule has 146 valence electrons. The fraction of sp³-hybridized carbons (Fsp3) is 0.826. The molecule has 0 spiro atoms. The highest BCUT2D eigenvalue weighted by atomic mass is 16.5. The lowest BCUT2D eigenvalue weighted by Gasteiger charge is -2.65. The molecule has 3 rings (SSSR count). The van der Waals surface area contributed by atoms with E-state index in [1.165, 1.54) is 12.7 Å².